The first-order chi connectivity index (χ1) is 8.56. The van der Waals surface area contributed by atoms with E-state index in [2.05, 4.69) is 10.3 Å². The van der Waals surface area contributed by atoms with Crippen molar-refractivity contribution in [2.24, 2.45) is 0 Å². The second-order valence-electron chi connectivity index (χ2n) is 4.40. The number of rotatable bonds is 3. The number of ether oxygens (including phenoxy) is 1. The van der Waals surface area contributed by atoms with Crippen LogP contribution in [-0.4, -0.2) is 29.4 Å². The lowest BCUT2D eigenvalue weighted by molar-refractivity contribution is -0.126. The van der Waals surface area contributed by atoms with E-state index < -0.39 is 10.7 Å². The smallest absolute Gasteiger partial charge is 0.253 e. The molecule has 5 nitrogen and oxygen atoms in total. The molecule has 1 aromatic heterocycles. The molecule has 0 aliphatic carbocycles. The maximum atomic E-state index is 11.9. The summed E-state index contributed by atoms with van der Waals surface area (Å²) >= 11 is 0. The molecule has 2 N–H and O–H groups in total. The minimum Gasteiger partial charge on any atom is -0.365 e. The number of carbonyl (C=O) groups excluding carboxylic acids is 1. The first-order valence-corrected chi connectivity index (χ1v) is 7.49. The molecule has 1 aliphatic heterocycles. The van der Waals surface area contributed by atoms with Gasteiger partial charge in [-0.25, -0.2) is 4.98 Å². The van der Waals surface area contributed by atoms with Gasteiger partial charge in [0.25, 0.3) is 5.91 Å². The highest BCUT2D eigenvalue weighted by molar-refractivity contribution is 7.85. The Balaban J connectivity index is 2.03. The molecule has 18 heavy (non-hydrogen) atoms. The van der Waals surface area contributed by atoms with E-state index in [9.17, 15) is 4.79 Å². The first kappa shape index (κ1) is 13.2. The molecule has 1 amide bonds. The predicted octanol–water partition coefficient (Wildman–Crippen LogP) is 1.96. The first-order valence-electron chi connectivity index (χ1n) is 5.86. The molecule has 2 rings (SSSR count). The molecule has 6 heteroatoms. The molecule has 1 aliphatic rings. The molecule has 0 aromatic carbocycles. The molecule has 98 valence electrons. The second-order valence-corrected chi connectivity index (χ2v) is 5.83. The van der Waals surface area contributed by atoms with Crippen LogP contribution in [0.25, 0.3) is 0 Å². The summed E-state index contributed by atoms with van der Waals surface area (Å²) in [6, 6.07) is 3.47. The van der Waals surface area contributed by atoms with Crippen LogP contribution in [0.2, 0.25) is 0 Å². The van der Waals surface area contributed by atoms with Gasteiger partial charge in [0, 0.05) is 11.9 Å². The zero-order chi connectivity index (χ0) is 13.1. The van der Waals surface area contributed by atoms with E-state index in [1.807, 2.05) is 6.92 Å². The average Bonchev–Trinajstić information content (AvgIpc) is 2.76. The van der Waals surface area contributed by atoms with Crippen LogP contribution in [0.4, 0.5) is 5.69 Å². The Hall–Kier alpha value is -1.27. The minimum absolute atomic E-state index is 0.113. The molecule has 0 bridgehead atoms. The van der Waals surface area contributed by atoms with E-state index in [4.69, 9.17) is 9.52 Å². The van der Waals surface area contributed by atoms with Gasteiger partial charge in [-0.15, -0.1) is 0 Å². The number of amides is 1. The predicted molar refractivity (Wildman–Crippen MR) is 70.7 cm³/mol. The monoisotopic (exact) mass is 267 g/mol. The molecule has 1 fully saturated rings. The van der Waals surface area contributed by atoms with Gasteiger partial charge in [-0.1, -0.05) is 10.7 Å². The Morgan fingerprint density at radius 3 is 3.00 bits per heavy atom. The van der Waals surface area contributed by atoms with Gasteiger partial charge in [0.15, 0.2) is 0 Å². The molecular formula is C12H17N3O2S. The number of nitrogens with one attached hydrogen (secondary N) is 2. The normalized spacial score (nSPS) is 24.8. The van der Waals surface area contributed by atoms with E-state index in [0.29, 0.717) is 10.7 Å². The lowest BCUT2D eigenvalue weighted by Crippen LogP contribution is -2.27. The number of hydrogen-bond donors (Lipinski definition) is 2. The molecule has 0 spiro atoms. The highest BCUT2D eigenvalue weighted by Crippen LogP contribution is 2.20. The third-order valence-corrected chi connectivity index (χ3v) is 3.69. The zero-order valence-corrected chi connectivity index (χ0v) is 11.3. The summed E-state index contributed by atoms with van der Waals surface area (Å²) in [5, 5.41) is 3.49. The van der Waals surface area contributed by atoms with Crippen molar-refractivity contribution in [1.82, 2.24) is 4.98 Å². The number of aromatic nitrogens is 1. The topological polar surface area (TPSA) is 75.1 Å². The van der Waals surface area contributed by atoms with E-state index in [1.54, 1.807) is 24.6 Å². The van der Waals surface area contributed by atoms with Crippen LogP contribution in [0, 0.1) is 4.78 Å². The minimum atomic E-state index is -0.655. The van der Waals surface area contributed by atoms with Gasteiger partial charge in [0.2, 0.25) is 0 Å². The van der Waals surface area contributed by atoms with Crippen molar-refractivity contribution in [2.45, 2.75) is 37.0 Å². The summed E-state index contributed by atoms with van der Waals surface area (Å²) in [5.41, 5.74) is 0.680. The number of pyridine rings is 1. The Morgan fingerprint density at radius 1 is 1.61 bits per heavy atom. The van der Waals surface area contributed by atoms with Crippen LogP contribution in [-0.2, 0) is 20.2 Å². The maximum absolute atomic E-state index is 11.9. The van der Waals surface area contributed by atoms with Gasteiger partial charge in [-0.2, -0.15) is 0 Å². The van der Waals surface area contributed by atoms with Gasteiger partial charge in [0.05, 0.1) is 6.10 Å². The molecule has 0 saturated carbocycles. The van der Waals surface area contributed by atoms with Gasteiger partial charge in [0.1, 0.15) is 11.1 Å². The number of nitrogens with zero attached hydrogens (tertiary/aromatic N) is 1. The summed E-state index contributed by atoms with van der Waals surface area (Å²) in [6.07, 6.45) is 4.87. The summed E-state index contributed by atoms with van der Waals surface area (Å²) in [5.74, 6) is -0.113. The fourth-order valence-corrected chi connectivity index (χ4v) is 2.40. The van der Waals surface area contributed by atoms with Gasteiger partial charge >= 0.3 is 0 Å². The fourth-order valence-electron chi connectivity index (χ4n) is 1.87. The molecule has 1 aromatic rings. The van der Waals surface area contributed by atoms with Crippen molar-refractivity contribution < 1.29 is 9.53 Å². The zero-order valence-electron chi connectivity index (χ0n) is 10.5. The summed E-state index contributed by atoms with van der Waals surface area (Å²) < 4.78 is 13.1. The third-order valence-electron chi connectivity index (χ3n) is 2.84. The Bertz CT molecular complexity index is 478. The molecule has 3 unspecified atom stereocenters. The van der Waals surface area contributed by atoms with Gasteiger partial charge in [-0.3, -0.25) is 9.57 Å². The van der Waals surface area contributed by atoms with E-state index >= 15 is 0 Å². The van der Waals surface area contributed by atoms with Crippen molar-refractivity contribution in [2.75, 3.05) is 11.6 Å². The van der Waals surface area contributed by atoms with Crippen molar-refractivity contribution in [1.29, 1.82) is 4.78 Å². The quantitative estimate of drug-likeness (QED) is 0.879. The van der Waals surface area contributed by atoms with Crippen LogP contribution in [0.3, 0.4) is 0 Å². The maximum Gasteiger partial charge on any atom is 0.253 e. The number of hydrogen-bond acceptors (Lipinski definition) is 4. The van der Waals surface area contributed by atoms with Gasteiger partial charge < -0.3 is 10.1 Å². The van der Waals surface area contributed by atoms with E-state index in [-0.39, 0.29) is 18.1 Å². The summed E-state index contributed by atoms with van der Waals surface area (Å²) in [7, 11) is -0.655. The van der Waals surface area contributed by atoms with Crippen molar-refractivity contribution >= 4 is 22.3 Å². The fraction of sp³-hybridized carbons (Fsp3) is 0.500. The Morgan fingerprint density at radius 2 is 2.39 bits per heavy atom. The van der Waals surface area contributed by atoms with E-state index in [0.717, 1.165) is 12.8 Å². The lowest BCUT2D eigenvalue weighted by atomic mass is 10.2. The Labute approximate surface area is 109 Å². The molecule has 2 heterocycles. The second kappa shape index (κ2) is 5.58. The van der Waals surface area contributed by atoms with Crippen LogP contribution in [0.1, 0.15) is 19.8 Å². The van der Waals surface area contributed by atoms with Crippen molar-refractivity contribution in [3.05, 3.63) is 18.3 Å². The summed E-state index contributed by atoms with van der Waals surface area (Å²) in [4.78, 5) is 16.0. The van der Waals surface area contributed by atoms with Crippen molar-refractivity contribution in [3.8, 4) is 0 Å². The lowest BCUT2D eigenvalue weighted by Gasteiger charge is -2.12. The number of carbonyl (C=O) groups is 1. The van der Waals surface area contributed by atoms with Crippen LogP contribution >= 0.6 is 0 Å². The Kier molecular flexibility index (Phi) is 4.08. The number of anilines is 1. The largest absolute Gasteiger partial charge is 0.365 e. The van der Waals surface area contributed by atoms with E-state index in [1.165, 1.54) is 0 Å². The van der Waals surface area contributed by atoms with Gasteiger partial charge in [-0.05, 0) is 38.2 Å². The molecular weight excluding hydrogens is 250 g/mol. The standard InChI is InChI=1S/C12H17N3O2S/c1-8-3-4-10(17-8)12(16)15-9-5-6-14-11(7-9)18(2)13/h5-8,10,13H,3-4H2,1-2H3,(H,14,15,16). The SMILES string of the molecule is CC1CCC(C(=O)Nc2ccnc(S(C)=N)c2)O1. The molecule has 0 radical (unpaired) electrons. The van der Waals surface area contributed by atoms with Crippen LogP contribution in [0.15, 0.2) is 23.4 Å². The van der Waals surface area contributed by atoms with Crippen molar-refractivity contribution in [3.63, 3.8) is 0 Å². The highest BCUT2D eigenvalue weighted by atomic mass is 32.2. The van der Waals surface area contributed by atoms with Crippen LogP contribution in [0.5, 0.6) is 0 Å². The highest BCUT2D eigenvalue weighted by Gasteiger charge is 2.28. The van der Waals surface area contributed by atoms with Crippen LogP contribution < -0.4 is 5.32 Å². The summed E-state index contributed by atoms with van der Waals surface area (Å²) in [6.45, 7) is 1.97. The molecule has 1 saturated heterocycles. The molecule has 3 atom stereocenters. The average molecular weight is 267 g/mol. The third kappa shape index (κ3) is 3.14.